The zero-order valence-corrected chi connectivity index (χ0v) is 9.76. The highest BCUT2D eigenvalue weighted by atomic mass is 35.5. The molecule has 1 aromatic carbocycles. The van der Waals surface area contributed by atoms with Gasteiger partial charge in [0.2, 0.25) is 0 Å². The molecule has 2 aromatic rings. The summed E-state index contributed by atoms with van der Waals surface area (Å²) in [4.78, 5) is 7.88. The van der Waals surface area contributed by atoms with Crippen molar-refractivity contribution in [3.63, 3.8) is 0 Å². The summed E-state index contributed by atoms with van der Waals surface area (Å²) in [5.41, 5.74) is 0.900. The summed E-state index contributed by atoms with van der Waals surface area (Å²) < 4.78 is 5.58. The first kappa shape index (κ1) is 11.8. The number of ether oxygens (including phenoxy) is 1. The third kappa shape index (κ3) is 2.93. The van der Waals surface area contributed by atoms with Gasteiger partial charge >= 0.3 is 0 Å². The minimum Gasteiger partial charge on any atom is -0.436 e. The van der Waals surface area contributed by atoms with E-state index in [1.54, 1.807) is 6.07 Å². The first-order chi connectivity index (χ1) is 8.31. The second-order valence-electron chi connectivity index (χ2n) is 3.34. The van der Waals surface area contributed by atoms with Crippen molar-refractivity contribution in [1.29, 1.82) is 0 Å². The molecule has 2 rings (SSSR count). The van der Waals surface area contributed by atoms with Crippen LogP contribution in [0.4, 0.5) is 0 Å². The van der Waals surface area contributed by atoms with Crippen molar-refractivity contribution in [2.75, 3.05) is 6.61 Å². The van der Waals surface area contributed by atoms with Crippen LogP contribution in [-0.4, -0.2) is 21.7 Å². The van der Waals surface area contributed by atoms with Crippen LogP contribution < -0.4 is 4.74 Å². The Balaban J connectivity index is 2.27. The van der Waals surface area contributed by atoms with Crippen LogP contribution in [-0.2, 0) is 6.42 Å². The molecule has 4 nitrogen and oxygen atoms in total. The van der Waals surface area contributed by atoms with Gasteiger partial charge in [-0.15, -0.1) is 0 Å². The SMILES string of the molecule is OCCc1ccccc1Oc1nccnc1Cl. The maximum Gasteiger partial charge on any atom is 0.257 e. The number of aromatic nitrogens is 2. The summed E-state index contributed by atoms with van der Waals surface area (Å²) in [6.45, 7) is 0.0641. The largest absolute Gasteiger partial charge is 0.436 e. The first-order valence-corrected chi connectivity index (χ1v) is 5.52. The molecule has 5 heteroatoms. The van der Waals surface area contributed by atoms with E-state index in [1.807, 2.05) is 18.2 Å². The van der Waals surface area contributed by atoms with Gasteiger partial charge < -0.3 is 9.84 Å². The Morgan fingerprint density at radius 2 is 1.94 bits per heavy atom. The van der Waals surface area contributed by atoms with Crippen LogP contribution in [0.5, 0.6) is 11.6 Å². The lowest BCUT2D eigenvalue weighted by molar-refractivity contribution is 0.297. The second-order valence-corrected chi connectivity index (χ2v) is 3.69. The van der Waals surface area contributed by atoms with Gasteiger partial charge in [-0.05, 0) is 18.1 Å². The van der Waals surface area contributed by atoms with Gasteiger partial charge in [-0.1, -0.05) is 29.8 Å². The van der Waals surface area contributed by atoms with E-state index in [2.05, 4.69) is 9.97 Å². The quantitative estimate of drug-likeness (QED) is 0.906. The van der Waals surface area contributed by atoms with Gasteiger partial charge in [0, 0.05) is 19.0 Å². The van der Waals surface area contributed by atoms with Crippen LogP contribution in [0, 0.1) is 0 Å². The summed E-state index contributed by atoms with van der Waals surface area (Å²) in [7, 11) is 0. The number of halogens is 1. The van der Waals surface area contributed by atoms with E-state index in [0.29, 0.717) is 12.2 Å². The molecule has 0 aliphatic rings. The van der Waals surface area contributed by atoms with Crippen molar-refractivity contribution in [2.24, 2.45) is 0 Å². The van der Waals surface area contributed by atoms with Crippen molar-refractivity contribution in [3.05, 3.63) is 47.4 Å². The fourth-order valence-electron chi connectivity index (χ4n) is 1.41. The number of benzene rings is 1. The topological polar surface area (TPSA) is 55.2 Å². The fraction of sp³-hybridized carbons (Fsp3) is 0.167. The summed E-state index contributed by atoms with van der Waals surface area (Å²) in [5, 5.41) is 9.17. The molecule has 0 aliphatic heterocycles. The number of rotatable bonds is 4. The summed E-state index contributed by atoms with van der Waals surface area (Å²) in [5.74, 6) is 0.892. The van der Waals surface area contributed by atoms with E-state index in [1.165, 1.54) is 12.4 Å². The molecule has 1 aromatic heterocycles. The van der Waals surface area contributed by atoms with E-state index in [-0.39, 0.29) is 17.6 Å². The molecule has 0 saturated carbocycles. The molecule has 88 valence electrons. The van der Waals surface area contributed by atoms with Gasteiger partial charge in [-0.2, -0.15) is 0 Å². The predicted octanol–water partition coefficient (Wildman–Crippen LogP) is 2.46. The molecular weight excluding hydrogens is 240 g/mol. The van der Waals surface area contributed by atoms with Crippen molar-refractivity contribution in [2.45, 2.75) is 6.42 Å². The van der Waals surface area contributed by atoms with Gasteiger partial charge in [0.15, 0.2) is 5.15 Å². The average Bonchev–Trinajstić information content (AvgIpc) is 2.35. The minimum atomic E-state index is 0.0641. The fourth-order valence-corrected chi connectivity index (χ4v) is 1.56. The lowest BCUT2D eigenvalue weighted by Gasteiger charge is -2.09. The lowest BCUT2D eigenvalue weighted by atomic mass is 10.1. The van der Waals surface area contributed by atoms with Crippen LogP contribution >= 0.6 is 11.6 Å². The molecule has 0 saturated heterocycles. The third-order valence-corrected chi connectivity index (χ3v) is 2.44. The number of aliphatic hydroxyl groups excluding tert-OH is 1. The molecule has 0 bridgehead atoms. The van der Waals surface area contributed by atoms with E-state index >= 15 is 0 Å². The van der Waals surface area contributed by atoms with Gasteiger partial charge in [-0.25, -0.2) is 9.97 Å². The molecule has 0 spiro atoms. The smallest absolute Gasteiger partial charge is 0.257 e. The Hall–Kier alpha value is -1.65. The van der Waals surface area contributed by atoms with E-state index in [4.69, 9.17) is 21.4 Å². The highest BCUT2D eigenvalue weighted by Gasteiger charge is 2.08. The van der Waals surface area contributed by atoms with Crippen LogP contribution in [0.1, 0.15) is 5.56 Å². The van der Waals surface area contributed by atoms with Crippen LogP contribution in [0.2, 0.25) is 5.15 Å². The lowest BCUT2D eigenvalue weighted by Crippen LogP contribution is -1.97. The van der Waals surface area contributed by atoms with Crippen LogP contribution in [0.25, 0.3) is 0 Å². The number of nitrogens with zero attached hydrogens (tertiary/aromatic N) is 2. The van der Waals surface area contributed by atoms with Crippen molar-refractivity contribution in [3.8, 4) is 11.6 Å². The average molecular weight is 251 g/mol. The maximum atomic E-state index is 8.96. The normalized spacial score (nSPS) is 10.2. The maximum absolute atomic E-state index is 8.96. The van der Waals surface area contributed by atoms with Crippen LogP contribution in [0.3, 0.4) is 0 Å². The Bertz CT molecular complexity index is 505. The highest BCUT2D eigenvalue weighted by molar-refractivity contribution is 6.30. The second kappa shape index (κ2) is 5.61. The molecule has 1 heterocycles. The van der Waals surface area contributed by atoms with Crippen molar-refractivity contribution in [1.82, 2.24) is 9.97 Å². The molecule has 0 aliphatic carbocycles. The van der Waals surface area contributed by atoms with Gasteiger partial charge in [0.1, 0.15) is 5.75 Å². The van der Waals surface area contributed by atoms with Gasteiger partial charge in [0.05, 0.1) is 0 Å². The minimum absolute atomic E-state index is 0.0641. The predicted molar refractivity (Wildman–Crippen MR) is 64.3 cm³/mol. The van der Waals surface area contributed by atoms with Crippen molar-refractivity contribution >= 4 is 11.6 Å². The highest BCUT2D eigenvalue weighted by Crippen LogP contribution is 2.27. The Labute approximate surface area is 104 Å². The number of hydrogen-bond donors (Lipinski definition) is 1. The molecule has 1 N–H and O–H groups in total. The van der Waals surface area contributed by atoms with E-state index in [0.717, 1.165) is 5.56 Å². The molecule has 0 radical (unpaired) electrons. The molecule has 0 atom stereocenters. The standard InChI is InChI=1S/C12H11ClN2O2/c13-11-12(15-7-6-14-11)17-10-4-2-1-3-9(10)5-8-16/h1-4,6-7,16H,5,8H2. The summed E-state index contributed by atoms with van der Waals surface area (Å²) >= 11 is 5.86. The molecule has 0 unspecified atom stereocenters. The first-order valence-electron chi connectivity index (χ1n) is 5.14. The third-order valence-electron chi connectivity index (χ3n) is 2.18. The monoisotopic (exact) mass is 250 g/mol. The van der Waals surface area contributed by atoms with Gasteiger partial charge in [-0.3, -0.25) is 0 Å². The Kier molecular flexibility index (Phi) is 3.90. The molecule has 17 heavy (non-hydrogen) atoms. The molecule has 0 amide bonds. The van der Waals surface area contributed by atoms with E-state index in [9.17, 15) is 0 Å². The molecule has 0 fully saturated rings. The van der Waals surface area contributed by atoms with Gasteiger partial charge in [0.25, 0.3) is 5.88 Å². The number of para-hydroxylation sites is 1. The summed E-state index contributed by atoms with van der Waals surface area (Å²) in [6, 6.07) is 7.42. The zero-order valence-electron chi connectivity index (χ0n) is 9.01. The van der Waals surface area contributed by atoms with E-state index < -0.39 is 0 Å². The Morgan fingerprint density at radius 1 is 1.18 bits per heavy atom. The zero-order chi connectivity index (χ0) is 12.1. The molecular formula is C12H11ClN2O2. The number of hydrogen-bond acceptors (Lipinski definition) is 4. The van der Waals surface area contributed by atoms with Crippen LogP contribution in [0.15, 0.2) is 36.7 Å². The van der Waals surface area contributed by atoms with Crippen molar-refractivity contribution < 1.29 is 9.84 Å². The summed E-state index contributed by atoms with van der Waals surface area (Å²) in [6.07, 6.45) is 3.53. The Morgan fingerprint density at radius 3 is 2.71 bits per heavy atom. The number of aliphatic hydroxyl groups is 1.